The summed E-state index contributed by atoms with van der Waals surface area (Å²) in [5, 5.41) is 30.4. The van der Waals surface area contributed by atoms with E-state index in [1.54, 1.807) is 0 Å². The highest BCUT2D eigenvalue weighted by molar-refractivity contribution is 6.36. The largest absolute Gasteiger partial charge is 0.481 e. The van der Waals surface area contributed by atoms with E-state index in [1.165, 1.54) is 13.8 Å². The van der Waals surface area contributed by atoms with Gasteiger partial charge in [-0.3, -0.25) is 4.79 Å². The maximum absolute atomic E-state index is 10.6. The van der Waals surface area contributed by atoms with Gasteiger partial charge in [0.15, 0.2) is 0 Å². The summed E-state index contributed by atoms with van der Waals surface area (Å²) in [5.41, 5.74) is -1.60. The zero-order chi connectivity index (χ0) is 9.78. The summed E-state index contributed by atoms with van der Waals surface area (Å²) in [6.07, 6.45) is 0.772. The smallest absolute Gasteiger partial charge is 0.315 e. The predicted octanol–water partition coefficient (Wildman–Crippen LogP) is 0.387. The fourth-order valence-corrected chi connectivity index (χ4v) is 0.476. The van der Waals surface area contributed by atoms with E-state index in [2.05, 4.69) is 10.3 Å². The molecule has 3 N–H and O–H groups in total. The van der Waals surface area contributed by atoms with Crippen LogP contribution in [0, 0.1) is 5.41 Å². The summed E-state index contributed by atoms with van der Waals surface area (Å²) < 4.78 is 0. The Kier molecular flexibility index (Phi) is 3.21. The van der Waals surface area contributed by atoms with Gasteiger partial charge in [-0.15, -0.1) is 0 Å². The SMILES string of the molecule is CC(C)(C(=O)O)C(/C=N\O)=N/O. The van der Waals surface area contributed by atoms with E-state index in [9.17, 15) is 4.79 Å². The van der Waals surface area contributed by atoms with Crippen LogP contribution in [0.1, 0.15) is 13.8 Å². The number of rotatable bonds is 3. The Labute approximate surface area is 68.8 Å². The number of carbonyl (C=O) groups is 1. The standard InChI is InChI=1S/C6H10N2O4/c1-6(2,5(9)10)4(8-12)3-7-11/h3,11-12H,1-2H3,(H,9,10)/b7-3-,8-4+. The molecule has 0 amide bonds. The third kappa shape index (κ3) is 1.94. The topological polar surface area (TPSA) is 102 Å². The quantitative estimate of drug-likeness (QED) is 0.327. The number of aliphatic carboxylic acids is 1. The Bertz CT molecular complexity index is 232. The van der Waals surface area contributed by atoms with Crippen LogP contribution in [0.25, 0.3) is 0 Å². The second-order valence-corrected chi connectivity index (χ2v) is 2.66. The summed E-state index contributed by atoms with van der Waals surface area (Å²) in [6.45, 7) is 2.65. The molecular weight excluding hydrogens is 164 g/mol. The summed E-state index contributed by atoms with van der Waals surface area (Å²) >= 11 is 0. The van der Waals surface area contributed by atoms with Gasteiger partial charge in [-0.25, -0.2) is 0 Å². The molecule has 68 valence electrons. The van der Waals surface area contributed by atoms with Crippen molar-refractivity contribution in [1.82, 2.24) is 0 Å². The average molecular weight is 174 g/mol. The highest BCUT2D eigenvalue weighted by Gasteiger charge is 2.33. The molecule has 0 aliphatic heterocycles. The molecule has 0 saturated heterocycles. The van der Waals surface area contributed by atoms with Crippen LogP contribution in [0.4, 0.5) is 0 Å². The molecule has 0 heterocycles. The van der Waals surface area contributed by atoms with Gasteiger partial charge in [-0.1, -0.05) is 10.3 Å². The van der Waals surface area contributed by atoms with Crippen molar-refractivity contribution in [3.05, 3.63) is 0 Å². The van der Waals surface area contributed by atoms with E-state index in [4.69, 9.17) is 15.5 Å². The number of oxime groups is 2. The molecule has 6 heteroatoms. The summed E-state index contributed by atoms with van der Waals surface area (Å²) in [6, 6.07) is 0. The minimum atomic E-state index is -1.37. The van der Waals surface area contributed by atoms with Gasteiger partial charge in [0, 0.05) is 0 Å². The molecule has 0 spiro atoms. The monoisotopic (exact) mass is 174 g/mol. The fraction of sp³-hybridized carbons (Fsp3) is 0.500. The van der Waals surface area contributed by atoms with Gasteiger partial charge in [0.1, 0.15) is 11.1 Å². The predicted molar refractivity (Wildman–Crippen MR) is 40.9 cm³/mol. The van der Waals surface area contributed by atoms with E-state index in [-0.39, 0.29) is 5.71 Å². The van der Waals surface area contributed by atoms with Crippen molar-refractivity contribution in [3.8, 4) is 0 Å². The van der Waals surface area contributed by atoms with Crippen LogP contribution in [0.3, 0.4) is 0 Å². The summed E-state index contributed by atoms with van der Waals surface area (Å²) in [7, 11) is 0. The van der Waals surface area contributed by atoms with Gasteiger partial charge in [-0.05, 0) is 13.8 Å². The normalized spacial score (nSPS) is 13.7. The number of hydrogen-bond donors (Lipinski definition) is 3. The maximum Gasteiger partial charge on any atom is 0.315 e. The van der Waals surface area contributed by atoms with Crippen molar-refractivity contribution in [1.29, 1.82) is 0 Å². The van der Waals surface area contributed by atoms with E-state index in [0.717, 1.165) is 6.21 Å². The highest BCUT2D eigenvalue weighted by Crippen LogP contribution is 2.16. The van der Waals surface area contributed by atoms with Gasteiger partial charge >= 0.3 is 5.97 Å². The molecule has 0 aliphatic rings. The summed E-state index contributed by atoms with van der Waals surface area (Å²) in [4.78, 5) is 10.6. The minimum absolute atomic E-state index is 0.225. The third-order valence-electron chi connectivity index (χ3n) is 1.46. The maximum atomic E-state index is 10.6. The molecule has 0 fully saturated rings. The first-order valence-electron chi connectivity index (χ1n) is 3.10. The van der Waals surface area contributed by atoms with Crippen molar-refractivity contribution in [2.75, 3.05) is 0 Å². The van der Waals surface area contributed by atoms with Crippen LogP contribution in [0.2, 0.25) is 0 Å². The van der Waals surface area contributed by atoms with Crippen molar-refractivity contribution < 1.29 is 20.3 Å². The van der Waals surface area contributed by atoms with Crippen LogP contribution in [-0.4, -0.2) is 33.4 Å². The Hall–Kier alpha value is -1.59. The third-order valence-corrected chi connectivity index (χ3v) is 1.46. The summed E-state index contributed by atoms with van der Waals surface area (Å²) in [5.74, 6) is -1.17. The lowest BCUT2D eigenvalue weighted by molar-refractivity contribution is -0.143. The lowest BCUT2D eigenvalue weighted by Crippen LogP contribution is -2.34. The second kappa shape index (κ2) is 3.70. The lowest BCUT2D eigenvalue weighted by atomic mass is 9.88. The molecule has 0 unspecified atom stereocenters. The Balaban J connectivity index is 4.86. The van der Waals surface area contributed by atoms with Crippen LogP contribution < -0.4 is 0 Å². The second-order valence-electron chi connectivity index (χ2n) is 2.66. The first-order valence-corrected chi connectivity index (χ1v) is 3.10. The highest BCUT2D eigenvalue weighted by atomic mass is 16.4. The molecule has 12 heavy (non-hydrogen) atoms. The fourth-order valence-electron chi connectivity index (χ4n) is 0.476. The molecule has 0 aromatic heterocycles. The molecule has 0 aromatic carbocycles. The van der Waals surface area contributed by atoms with Gasteiger partial charge in [0.2, 0.25) is 0 Å². The van der Waals surface area contributed by atoms with Crippen molar-refractivity contribution in [3.63, 3.8) is 0 Å². The first-order chi connectivity index (χ1) is 5.46. The van der Waals surface area contributed by atoms with Crippen molar-refractivity contribution in [2.24, 2.45) is 15.7 Å². The Morgan fingerprint density at radius 3 is 2.17 bits per heavy atom. The van der Waals surface area contributed by atoms with Crippen molar-refractivity contribution in [2.45, 2.75) is 13.8 Å². The van der Waals surface area contributed by atoms with Crippen LogP contribution in [0.15, 0.2) is 10.3 Å². The minimum Gasteiger partial charge on any atom is -0.481 e. The molecule has 6 nitrogen and oxygen atoms in total. The molecule has 0 saturated carbocycles. The molecular formula is C6H10N2O4. The van der Waals surface area contributed by atoms with Gasteiger partial charge in [0.05, 0.1) is 6.21 Å². The van der Waals surface area contributed by atoms with E-state index >= 15 is 0 Å². The Morgan fingerprint density at radius 2 is 1.92 bits per heavy atom. The number of nitrogens with zero attached hydrogens (tertiary/aromatic N) is 2. The molecule has 0 aliphatic carbocycles. The number of carboxylic acids is 1. The lowest BCUT2D eigenvalue weighted by Gasteiger charge is -2.16. The van der Waals surface area contributed by atoms with E-state index in [0.29, 0.717) is 0 Å². The van der Waals surface area contributed by atoms with Gasteiger partial charge in [0.25, 0.3) is 0 Å². The van der Waals surface area contributed by atoms with E-state index in [1.807, 2.05) is 0 Å². The van der Waals surface area contributed by atoms with Gasteiger partial charge < -0.3 is 15.5 Å². The number of carboxylic acid groups (broad SMARTS) is 1. The average Bonchev–Trinajstić information content (AvgIpc) is 1.99. The number of hydrogen-bond acceptors (Lipinski definition) is 5. The molecule has 0 bridgehead atoms. The zero-order valence-corrected chi connectivity index (χ0v) is 6.72. The molecule has 0 aromatic rings. The molecule has 0 rings (SSSR count). The van der Waals surface area contributed by atoms with E-state index < -0.39 is 11.4 Å². The van der Waals surface area contributed by atoms with Crippen LogP contribution in [-0.2, 0) is 4.79 Å². The van der Waals surface area contributed by atoms with Crippen LogP contribution in [0.5, 0.6) is 0 Å². The van der Waals surface area contributed by atoms with Crippen molar-refractivity contribution >= 4 is 17.9 Å². The first kappa shape index (κ1) is 10.4. The molecule has 0 radical (unpaired) electrons. The van der Waals surface area contributed by atoms with Gasteiger partial charge in [-0.2, -0.15) is 0 Å². The van der Waals surface area contributed by atoms with Crippen LogP contribution >= 0.6 is 0 Å². The molecule has 0 atom stereocenters. The zero-order valence-electron chi connectivity index (χ0n) is 6.72. The Morgan fingerprint density at radius 1 is 1.42 bits per heavy atom.